The fourth-order valence-electron chi connectivity index (χ4n) is 7.06. The highest BCUT2D eigenvalue weighted by Gasteiger charge is 2.41. The van der Waals surface area contributed by atoms with E-state index in [0.29, 0.717) is 35.4 Å². The van der Waals surface area contributed by atoms with Gasteiger partial charge >= 0.3 is 6.03 Å². The van der Waals surface area contributed by atoms with Crippen LogP contribution in [0.25, 0.3) is 0 Å². The Bertz CT molecular complexity index is 1090. The molecule has 7 heteroatoms. The normalized spacial score (nSPS) is 25.2. The fourth-order valence-corrected chi connectivity index (χ4v) is 7.06. The highest BCUT2D eigenvalue weighted by molar-refractivity contribution is 5.89. The molecule has 7 nitrogen and oxygen atoms in total. The van der Waals surface area contributed by atoms with Crippen LogP contribution in [0.5, 0.6) is 17.2 Å². The van der Waals surface area contributed by atoms with Crippen molar-refractivity contribution in [3.05, 3.63) is 48.0 Å². The Kier molecular flexibility index (Phi) is 7.14. The van der Waals surface area contributed by atoms with Crippen molar-refractivity contribution in [1.29, 1.82) is 0 Å². The Morgan fingerprint density at radius 1 is 0.973 bits per heavy atom. The quantitative estimate of drug-likeness (QED) is 0.487. The number of rotatable bonds is 7. The first-order valence-corrected chi connectivity index (χ1v) is 14.1. The molecule has 1 saturated carbocycles. The van der Waals surface area contributed by atoms with E-state index in [1.807, 2.05) is 30.3 Å². The number of carbonyl (C=O) groups is 1. The number of ether oxygens (including phenoxy) is 2. The molecule has 0 spiro atoms. The van der Waals surface area contributed by atoms with Crippen LogP contribution in [0.4, 0.5) is 10.5 Å². The predicted molar refractivity (Wildman–Crippen MR) is 143 cm³/mol. The van der Waals surface area contributed by atoms with Crippen molar-refractivity contribution in [2.75, 3.05) is 31.7 Å². The van der Waals surface area contributed by atoms with Gasteiger partial charge in [-0.15, -0.1) is 0 Å². The lowest BCUT2D eigenvalue weighted by Gasteiger charge is -2.40. The highest BCUT2D eigenvalue weighted by Crippen LogP contribution is 2.43. The van der Waals surface area contributed by atoms with Crippen molar-refractivity contribution in [1.82, 2.24) is 9.80 Å². The van der Waals surface area contributed by atoms with Gasteiger partial charge in [-0.3, -0.25) is 4.90 Å². The Morgan fingerprint density at radius 2 is 1.76 bits per heavy atom. The third kappa shape index (κ3) is 5.52. The van der Waals surface area contributed by atoms with E-state index >= 15 is 0 Å². The number of urea groups is 1. The lowest BCUT2D eigenvalue weighted by atomic mass is 9.85. The van der Waals surface area contributed by atoms with Gasteiger partial charge in [0.25, 0.3) is 0 Å². The standard InChI is InChI=1S/C30H39N3O4/c34-27-8-4-7-22(17-27)23-15-25-10-11-26(16-23)33(25)14-13-32(19-21-5-2-1-3-6-21)30(35)31-24-9-12-28-29(18-24)37-20-36-28/h4,7-9,12,17-18,21,23,25-26,34H,1-3,5-6,10-11,13-16,19-20H2,(H,31,35). The minimum atomic E-state index is -0.0218. The van der Waals surface area contributed by atoms with Crippen LogP contribution < -0.4 is 14.8 Å². The third-order valence-electron chi connectivity index (χ3n) is 8.97. The number of phenols is 1. The van der Waals surface area contributed by atoms with Crippen LogP contribution in [0.3, 0.4) is 0 Å². The van der Waals surface area contributed by atoms with Gasteiger partial charge in [0.2, 0.25) is 6.79 Å². The molecule has 6 rings (SSSR count). The zero-order valence-corrected chi connectivity index (χ0v) is 21.6. The molecule has 37 heavy (non-hydrogen) atoms. The number of piperidine rings is 1. The van der Waals surface area contributed by atoms with Crippen LogP contribution in [0.1, 0.15) is 69.3 Å². The third-order valence-corrected chi connectivity index (χ3v) is 8.97. The highest BCUT2D eigenvalue weighted by atomic mass is 16.7. The molecule has 0 radical (unpaired) electrons. The number of phenolic OH excluding ortho intramolecular Hbond substituents is 1. The van der Waals surface area contributed by atoms with Gasteiger partial charge in [-0.25, -0.2) is 4.79 Å². The molecule has 2 aromatic carbocycles. The molecule has 3 aliphatic heterocycles. The number of nitrogens with zero attached hydrogens (tertiary/aromatic N) is 2. The topological polar surface area (TPSA) is 74.3 Å². The second kappa shape index (κ2) is 10.8. The number of anilines is 1. The smallest absolute Gasteiger partial charge is 0.321 e. The lowest BCUT2D eigenvalue weighted by molar-refractivity contribution is 0.108. The second-order valence-electron chi connectivity index (χ2n) is 11.3. The molecule has 198 valence electrons. The minimum absolute atomic E-state index is 0.0218. The summed E-state index contributed by atoms with van der Waals surface area (Å²) in [5.41, 5.74) is 2.01. The molecule has 2 unspecified atom stereocenters. The summed E-state index contributed by atoms with van der Waals surface area (Å²) in [6, 6.07) is 14.5. The van der Waals surface area contributed by atoms with Gasteiger partial charge in [0.15, 0.2) is 11.5 Å². The maximum atomic E-state index is 13.5. The summed E-state index contributed by atoms with van der Waals surface area (Å²) in [5, 5.41) is 13.1. The van der Waals surface area contributed by atoms with Crippen LogP contribution in [-0.2, 0) is 0 Å². The summed E-state index contributed by atoms with van der Waals surface area (Å²) in [4.78, 5) is 18.2. The fraction of sp³-hybridized carbons (Fsp3) is 0.567. The van der Waals surface area contributed by atoms with E-state index in [1.54, 1.807) is 6.07 Å². The SMILES string of the molecule is O=C(Nc1ccc2c(c1)OCO2)N(CCN1C2CCC1CC(c1cccc(O)c1)C2)CC1CCCCC1. The molecule has 2 aromatic rings. The summed E-state index contributed by atoms with van der Waals surface area (Å²) in [5.74, 6) is 2.86. The number of carbonyl (C=O) groups excluding carboxylic acids is 1. The van der Waals surface area contributed by atoms with Crippen molar-refractivity contribution in [2.24, 2.45) is 5.92 Å². The first-order chi connectivity index (χ1) is 18.1. The van der Waals surface area contributed by atoms with Crippen LogP contribution in [0.2, 0.25) is 0 Å². The molecule has 2 saturated heterocycles. The lowest BCUT2D eigenvalue weighted by Crippen LogP contribution is -2.48. The van der Waals surface area contributed by atoms with E-state index in [2.05, 4.69) is 21.2 Å². The molecule has 1 aliphatic carbocycles. The average Bonchev–Trinajstić information content (AvgIpc) is 3.47. The van der Waals surface area contributed by atoms with Gasteiger partial charge in [-0.2, -0.15) is 0 Å². The summed E-state index contributed by atoms with van der Waals surface area (Å²) in [6.07, 6.45) is 11.0. The number of nitrogens with one attached hydrogen (secondary N) is 1. The van der Waals surface area contributed by atoms with Gasteiger partial charge in [0.05, 0.1) is 0 Å². The summed E-state index contributed by atoms with van der Waals surface area (Å²) in [6.45, 7) is 2.72. The number of hydrogen-bond donors (Lipinski definition) is 2. The van der Waals surface area contributed by atoms with Crippen molar-refractivity contribution in [3.63, 3.8) is 0 Å². The zero-order valence-electron chi connectivity index (χ0n) is 21.6. The van der Waals surface area contributed by atoms with E-state index in [0.717, 1.165) is 43.9 Å². The van der Waals surface area contributed by atoms with Crippen LogP contribution in [-0.4, -0.2) is 59.4 Å². The molecule has 2 amide bonds. The summed E-state index contributed by atoms with van der Waals surface area (Å²) >= 11 is 0. The van der Waals surface area contributed by atoms with Gasteiger partial charge in [-0.05, 0) is 80.2 Å². The Balaban J connectivity index is 1.11. The molecule has 2 bridgehead atoms. The number of fused-ring (bicyclic) bond motifs is 3. The van der Waals surface area contributed by atoms with Crippen molar-refractivity contribution >= 4 is 11.7 Å². The van der Waals surface area contributed by atoms with Gasteiger partial charge < -0.3 is 24.8 Å². The Morgan fingerprint density at radius 3 is 2.54 bits per heavy atom. The minimum Gasteiger partial charge on any atom is -0.508 e. The zero-order chi connectivity index (χ0) is 25.2. The summed E-state index contributed by atoms with van der Waals surface area (Å²) < 4.78 is 10.9. The first kappa shape index (κ1) is 24.4. The number of hydrogen-bond acceptors (Lipinski definition) is 5. The van der Waals surface area contributed by atoms with Gasteiger partial charge in [0.1, 0.15) is 5.75 Å². The van der Waals surface area contributed by atoms with E-state index in [1.165, 1.54) is 50.5 Å². The maximum Gasteiger partial charge on any atom is 0.321 e. The molecule has 4 aliphatic rings. The van der Waals surface area contributed by atoms with E-state index in [9.17, 15) is 9.90 Å². The Hall–Kier alpha value is -2.93. The van der Waals surface area contributed by atoms with Crippen LogP contribution >= 0.6 is 0 Å². The average molecular weight is 506 g/mol. The second-order valence-corrected chi connectivity index (χ2v) is 11.3. The monoisotopic (exact) mass is 505 g/mol. The van der Waals surface area contributed by atoms with Crippen molar-refractivity contribution < 1.29 is 19.4 Å². The van der Waals surface area contributed by atoms with Crippen LogP contribution in [0, 0.1) is 5.92 Å². The van der Waals surface area contributed by atoms with Gasteiger partial charge in [-0.1, -0.05) is 31.4 Å². The van der Waals surface area contributed by atoms with E-state index in [4.69, 9.17) is 9.47 Å². The molecule has 3 fully saturated rings. The predicted octanol–water partition coefficient (Wildman–Crippen LogP) is 5.95. The maximum absolute atomic E-state index is 13.5. The van der Waals surface area contributed by atoms with Crippen molar-refractivity contribution in [2.45, 2.75) is 75.8 Å². The summed E-state index contributed by atoms with van der Waals surface area (Å²) in [7, 11) is 0. The molecule has 2 N–H and O–H groups in total. The van der Waals surface area contributed by atoms with Crippen LogP contribution in [0.15, 0.2) is 42.5 Å². The molecule has 2 atom stereocenters. The first-order valence-electron chi connectivity index (χ1n) is 14.1. The van der Waals surface area contributed by atoms with Gasteiger partial charge in [0, 0.05) is 43.5 Å². The van der Waals surface area contributed by atoms with Crippen molar-refractivity contribution in [3.8, 4) is 17.2 Å². The number of amides is 2. The van der Waals surface area contributed by atoms with E-state index < -0.39 is 0 Å². The van der Waals surface area contributed by atoms with E-state index in [-0.39, 0.29) is 12.8 Å². The number of aromatic hydroxyl groups is 1. The number of benzene rings is 2. The Labute approximate surface area is 219 Å². The largest absolute Gasteiger partial charge is 0.508 e. The molecular formula is C30H39N3O4. The molecular weight excluding hydrogens is 466 g/mol. The molecule has 0 aromatic heterocycles. The molecule has 3 heterocycles.